The van der Waals surface area contributed by atoms with Crippen LogP contribution in [0.3, 0.4) is 0 Å². The SMILES string of the molecule is CC(C)C(NS(=O)(=O)N1CCCC1)c1nccn1C. The van der Waals surface area contributed by atoms with Crippen molar-refractivity contribution >= 4 is 10.2 Å². The van der Waals surface area contributed by atoms with Crippen molar-refractivity contribution < 1.29 is 8.42 Å². The molecule has 2 rings (SSSR count). The summed E-state index contributed by atoms with van der Waals surface area (Å²) in [5.74, 6) is 0.885. The van der Waals surface area contributed by atoms with Crippen molar-refractivity contribution in [2.45, 2.75) is 32.7 Å². The maximum atomic E-state index is 12.3. The van der Waals surface area contributed by atoms with Crippen LogP contribution < -0.4 is 4.72 Å². The van der Waals surface area contributed by atoms with E-state index >= 15 is 0 Å². The number of imidazole rings is 1. The molecule has 0 aliphatic carbocycles. The summed E-state index contributed by atoms with van der Waals surface area (Å²) in [4.78, 5) is 4.27. The highest BCUT2D eigenvalue weighted by molar-refractivity contribution is 7.87. The smallest absolute Gasteiger partial charge is 0.280 e. The van der Waals surface area contributed by atoms with Gasteiger partial charge < -0.3 is 4.57 Å². The van der Waals surface area contributed by atoms with Gasteiger partial charge in [0, 0.05) is 32.5 Å². The van der Waals surface area contributed by atoms with Crippen LogP contribution in [-0.4, -0.2) is 35.4 Å². The second kappa shape index (κ2) is 5.60. The first-order chi connectivity index (χ1) is 8.92. The molecule has 0 spiro atoms. The van der Waals surface area contributed by atoms with Gasteiger partial charge in [-0.2, -0.15) is 17.4 Å². The molecule has 0 radical (unpaired) electrons. The highest BCUT2D eigenvalue weighted by atomic mass is 32.2. The van der Waals surface area contributed by atoms with E-state index < -0.39 is 10.2 Å². The van der Waals surface area contributed by atoms with E-state index in [0.717, 1.165) is 18.7 Å². The van der Waals surface area contributed by atoms with Crippen molar-refractivity contribution in [3.63, 3.8) is 0 Å². The van der Waals surface area contributed by atoms with E-state index in [0.29, 0.717) is 13.1 Å². The molecule has 6 nitrogen and oxygen atoms in total. The molecule has 0 aromatic carbocycles. The molecule has 1 aliphatic rings. The zero-order valence-electron chi connectivity index (χ0n) is 11.7. The number of nitrogens with zero attached hydrogens (tertiary/aromatic N) is 3. The summed E-state index contributed by atoms with van der Waals surface area (Å²) < 4.78 is 30.8. The fraction of sp³-hybridized carbons (Fsp3) is 0.750. The molecule has 108 valence electrons. The molecule has 19 heavy (non-hydrogen) atoms. The Morgan fingerprint density at radius 3 is 2.42 bits per heavy atom. The van der Waals surface area contributed by atoms with Crippen LogP contribution in [-0.2, 0) is 17.3 Å². The number of hydrogen-bond donors (Lipinski definition) is 1. The lowest BCUT2D eigenvalue weighted by Gasteiger charge is -2.25. The Hall–Kier alpha value is -0.920. The van der Waals surface area contributed by atoms with Crippen LogP contribution in [0.15, 0.2) is 12.4 Å². The summed E-state index contributed by atoms with van der Waals surface area (Å²) in [6.07, 6.45) is 5.40. The summed E-state index contributed by atoms with van der Waals surface area (Å²) in [6, 6.07) is -0.300. The quantitative estimate of drug-likeness (QED) is 0.879. The first-order valence-electron chi connectivity index (χ1n) is 6.66. The van der Waals surface area contributed by atoms with Crippen molar-refractivity contribution in [3.05, 3.63) is 18.2 Å². The monoisotopic (exact) mass is 286 g/mol. The summed E-state index contributed by atoms with van der Waals surface area (Å²) in [6.45, 7) is 5.21. The lowest BCUT2D eigenvalue weighted by Crippen LogP contribution is -2.42. The second-order valence-electron chi connectivity index (χ2n) is 5.35. The van der Waals surface area contributed by atoms with Gasteiger partial charge in [-0.05, 0) is 18.8 Å². The van der Waals surface area contributed by atoms with Gasteiger partial charge in [-0.25, -0.2) is 4.98 Å². The van der Waals surface area contributed by atoms with Crippen LogP contribution >= 0.6 is 0 Å². The first kappa shape index (κ1) is 14.5. The highest BCUT2D eigenvalue weighted by Gasteiger charge is 2.31. The van der Waals surface area contributed by atoms with E-state index in [4.69, 9.17) is 0 Å². The van der Waals surface area contributed by atoms with Gasteiger partial charge in [-0.15, -0.1) is 0 Å². The third-order valence-corrected chi connectivity index (χ3v) is 5.08. The predicted octanol–water partition coefficient (Wildman–Crippen LogP) is 1.05. The fourth-order valence-electron chi connectivity index (χ4n) is 2.33. The van der Waals surface area contributed by atoms with Crippen LogP contribution in [0, 0.1) is 5.92 Å². The maximum absolute atomic E-state index is 12.3. The summed E-state index contributed by atoms with van der Waals surface area (Å²) in [7, 11) is -1.54. The number of aromatic nitrogens is 2. The minimum Gasteiger partial charge on any atom is -0.337 e. The third kappa shape index (κ3) is 3.16. The van der Waals surface area contributed by atoms with Gasteiger partial charge in [0.1, 0.15) is 5.82 Å². The summed E-state index contributed by atoms with van der Waals surface area (Å²) >= 11 is 0. The van der Waals surface area contributed by atoms with Crippen LogP contribution in [0.2, 0.25) is 0 Å². The minimum absolute atomic E-state index is 0.137. The zero-order chi connectivity index (χ0) is 14.0. The van der Waals surface area contributed by atoms with Crippen molar-refractivity contribution in [1.29, 1.82) is 0 Å². The summed E-state index contributed by atoms with van der Waals surface area (Å²) in [5.41, 5.74) is 0. The zero-order valence-corrected chi connectivity index (χ0v) is 12.5. The number of hydrogen-bond acceptors (Lipinski definition) is 3. The van der Waals surface area contributed by atoms with E-state index in [1.807, 2.05) is 31.7 Å². The van der Waals surface area contributed by atoms with E-state index in [-0.39, 0.29) is 12.0 Å². The van der Waals surface area contributed by atoms with E-state index in [1.54, 1.807) is 6.20 Å². The average Bonchev–Trinajstić information content (AvgIpc) is 2.96. The molecule has 1 aromatic heterocycles. The standard InChI is InChI=1S/C12H22N4O2S/c1-10(2)11(12-13-6-9-15(12)3)14-19(17,18)16-7-4-5-8-16/h6,9-11,14H,4-5,7-8H2,1-3H3. The minimum atomic E-state index is -3.42. The maximum Gasteiger partial charge on any atom is 0.280 e. The van der Waals surface area contributed by atoms with Crippen LogP contribution in [0.4, 0.5) is 0 Å². The van der Waals surface area contributed by atoms with Gasteiger partial charge >= 0.3 is 0 Å². The van der Waals surface area contributed by atoms with E-state index in [2.05, 4.69) is 9.71 Å². The topological polar surface area (TPSA) is 67.2 Å². The Morgan fingerprint density at radius 2 is 1.95 bits per heavy atom. The second-order valence-corrected chi connectivity index (χ2v) is 7.05. The first-order valence-corrected chi connectivity index (χ1v) is 8.10. The van der Waals surface area contributed by atoms with E-state index in [9.17, 15) is 8.42 Å². The molecule has 0 bridgehead atoms. The van der Waals surface area contributed by atoms with Gasteiger partial charge in [0.2, 0.25) is 0 Å². The number of nitrogens with one attached hydrogen (secondary N) is 1. The number of rotatable bonds is 5. The predicted molar refractivity (Wildman–Crippen MR) is 73.6 cm³/mol. The molecule has 1 N–H and O–H groups in total. The Labute approximate surface area is 115 Å². The van der Waals surface area contributed by atoms with Crippen LogP contribution in [0.5, 0.6) is 0 Å². The molecule has 1 aromatic rings. The van der Waals surface area contributed by atoms with Crippen molar-refractivity contribution in [3.8, 4) is 0 Å². The van der Waals surface area contributed by atoms with Crippen LogP contribution in [0.1, 0.15) is 38.6 Å². The molecule has 7 heteroatoms. The average molecular weight is 286 g/mol. The van der Waals surface area contributed by atoms with Gasteiger partial charge in [0.25, 0.3) is 10.2 Å². The molecule has 1 atom stereocenters. The molecule has 1 fully saturated rings. The van der Waals surface area contributed by atoms with Crippen LogP contribution in [0.25, 0.3) is 0 Å². The van der Waals surface area contributed by atoms with Crippen molar-refractivity contribution in [2.24, 2.45) is 13.0 Å². The van der Waals surface area contributed by atoms with Gasteiger partial charge in [0.15, 0.2) is 0 Å². The Morgan fingerprint density at radius 1 is 1.32 bits per heavy atom. The molecular weight excluding hydrogens is 264 g/mol. The van der Waals surface area contributed by atoms with Gasteiger partial charge in [-0.1, -0.05) is 13.8 Å². The molecular formula is C12H22N4O2S. The number of aryl methyl sites for hydroxylation is 1. The molecule has 2 heterocycles. The molecule has 0 saturated carbocycles. The van der Waals surface area contributed by atoms with E-state index in [1.165, 1.54) is 4.31 Å². The summed E-state index contributed by atoms with van der Waals surface area (Å²) in [5, 5.41) is 0. The molecule has 0 amide bonds. The molecule has 1 unspecified atom stereocenters. The Balaban J connectivity index is 2.20. The molecule has 1 saturated heterocycles. The lowest BCUT2D eigenvalue weighted by molar-refractivity contribution is 0.404. The Bertz CT molecular complexity index is 518. The molecule has 1 aliphatic heterocycles. The third-order valence-electron chi connectivity index (χ3n) is 3.48. The Kier molecular flexibility index (Phi) is 4.27. The fourth-order valence-corrected chi connectivity index (χ4v) is 3.91. The van der Waals surface area contributed by atoms with Crippen molar-refractivity contribution in [1.82, 2.24) is 18.6 Å². The van der Waals surface area contributed by atoms with Crippen molar-refractivity contribution in [2.75, 3.05) is 13.1 Å². The highest BCUT2D eigenvalue weighted by Crippen LogP contribution is 2.22. The normalized spacial score (nSPS) is 19.2. The van der Waals surface area contributed by atoms with Gasteiger partial charge in [-0.3, -0.25) is 0 Å². The lowest BCUT2D eigenvalue weighted by atomic mass is 10.1. The largest absolute Gasteiger partial charge is 0.337 e. The van der Waals surface area contributed by atoms with Gasteiger partial charge in [0.05, 0.1) is 6.04 Å².